The molecule has 1 saturated heterocycles. The van der Waals surface area contributed by atoms with E-state index < -0.39 is 0 Å². The van der Waals surface area contributed by atoms with Crippen LogP contribution in [0.15, 0.2) is 24.3 Å². The fourth-order valence-electron chi connectivity index (χ4n) is 2.84. The third-order valence-electron chi connectivity index (χ3n) is 3.99. The average Bonchev–Trinajstić information content (AvgIpc) is 2.49. The zero-order chi connectivity index (χ0) is 14.4. The molecule has 1 aromatic rings. The van der Waals surface area contributed by atoms with E-state index in [0.717, 1.165) is 50.2 Å². The average molecular weight is 277 g/mol. The molecule has 1 aliphatic heterocycles. The Labute approximate surface area is 120 Å². The van der Waals surface area contributed by atoms with E-state index in [2.05, 4.69) is 10.2 Å². The van der Waals surface area contributed by atoms with Gasteiger partial charge in [0.15, 0.2) is 0 Å². The number of carbonyl (C=O) groups excluding carboxylic acids is 1. The summed E-state index contributed by atoms with van der Waals surface area (Å²) in [5.41, 5.74) is 1.13. The maximum atomic E-state index is 12.9. The first-order valence-corrected chi connectivity index (χ1v) is 7.23. The quantitative estimate of drug-likeness (QED) is 0.809. The first-order valence-electron chi connectivity index (χ1n) is 7.23. The van der Waals surface area contributed by atoms with Crippen LogP contribution in [0.1, 0.15) is 24.8 Å². The number of carbonyl (C=O) groups is 1. The lowest BCUT2D eigenvalue weighted by Crippen LogP contribution is -2.48. The number of aldehydes is 1. The van der Waals surface area contributed by atoms with Gasteiger partial charge in [-0.1, -0.05) is 18.6 Å². The van der Waals surface area contributed by atoms with Crippen LogP contribution in [0.5, 0.6) is 0 Å². The Kier molecular flexibility index (Phi) is 5.68. The van der Waals surface area contributed by atoms with Crippen LogP contribution >= 0.6 is 0 Å². The highest BCUT2D eigenvalue weighted by Gasteiger charge is 2.29. The number of nitrogens with one attached hydrogen (secondary N) is 1. The summed E-state index contributed by atoms with van der Waals surface area (Å²) >= 11 is 0. The van der Waals surface area contributed by atoms with Crippen molar-refractivity contribution in [3.05, 3.63) is 41.7 Å². The smallest absolute Gasteiger partial charge is 0.144 e. The summed E-state index contributed by atoms with van der Waals surface area (Å²) in [6, 6.07) is 7.63. The first kappa shape index (κ1) is 15.1. The van der Waals surface area contributed by atoms with Gasteiger partial charge in [-0.15, -0.1) is 0 Å². The van der Waals surface area contributed by atoms with Crippen LogP contribution in [0.3, 0.4) is 0 Å². The molecule has 0 aliphatic carbocycles. The van der Waals surface area contributed by atoms with E-state index in [4.69, 9.17) is 0 Å². The highest BCUT2D eigenvalue weighted by atomic mass is 19.1. The minimum absolute atomic E-state index is 0.198. The summed E-state index contributed by atoms with van der Waals surface area (Å²) in [7, 11) is 1.80. The Morgan fingerprint density at radius 1 is 1.40 bits per heavy atom. The van der Waals surface area contributed by atoms with Crippen LogP contribution in [0, 0.1) is 11.9 Å². The molecule has 1 N–H and O–H groups in total. The highest BCUT2D eigenvalue weighted by Crippen LogP contribution is 2.22. The number of benzene rings is 1. The Morgan fingerprint density at radius 3 is 2.80 bits per heavy atom. The summed E-state index contributed by atoms with van der Waals surface area (Å²) in [6.45, 7) is 1.92. The Balaban J connectivity index is 1.94. The van der Waals surface area contributed by atoms with Gasteiger partial charge < -0.3 is 10.1 Å². The summed E-state index contributed by atoms with van der Waals surface area (Å²) in [5.74, 6) is -0.198. The van der Waals surface area contributed by atoms with Gasteiger partial charge in [0.2, 0.25) is 0 Å². The molecule has 1 aromatic carbocycles. The zero-order valence-electron chi connectivity index (χ0n) is 11.9. The van der Waals surface area contributed by atoms with Gasteiger partial charge in [-0.25, -0.2) is 4.39 Å². The van der Waals surface area contributed by atoms with E-state index in [1.54, 1.807) is 7.05 Å². The van der Waals surface area contributed by atoms with Crippen LogP contribution in [-0.4, -0.2) is 37.4 Å². The number of halogens is 1. The summed E-state index contributed by atoms with van der Waals surface area (Å²) in [6.07, 6.45) is 5.18. The molecule has 1 aliphatic rings. The maximum Gasteiger partial charge on any atom is 0.144 e. The molecule has 2 rings (SSSR count). The van der Waals surface area contributed by atoms with E-state index >= 15 is 0 Å². The minimum Gasteiger partial charge on any atom is -0.305 e. The molecule has 0 bridgehead atoms. The van der Waals surface area contributed by atoms with Gasteiger partial charge in [-0.05, 0) is 50.6 Å². The molecule has 1 radical (unpaired) electrons. The number of piperidine rings is 1. The topological polar surface area (TPSA) is 32.3 Å². The SMILES string of the molecule is CN[C](C=O)C1CCCCN1CCc1ccc(F)cc1. The highest BCUT2D eigenvalue weighted by molar-refractivity contribution is 5.69. The summed E-state index contributed by atoms with van der Waals surface area (Å²) in [4.78, 5) is 13.5. The summed E-state index contributed by atoms with van der Waals surface area (Å²) < 4.78 is 12.9. The molecule has 20 heavy (non-hydrogen) atoms. The van der Waals surface area contributed by atoms with E-state index in [-0.39, 0.29) is 11.9 Å². The predicted molar refractivity (Wildman–Crippen MR) is 77.7 cm³/mol. The molecule has 1 unspecified atom stereocenters. The van der Waals surface area contributed by atoms with Gasteiger partial charge >= 0.3 is 0 Å². The molecule has 0 spiro atoms. The lowest BCUT2D eigenvalue weighted by Gasteiger charge is -2.38. The molecule has 109 valence electrons. The van der Waals surface area contributed by atoms with Crippen molar-refractivity contribution in [2.24, 2.45) is 0 Å². The molecule has 1 atom stereocenters. The van der Waals surface area contributed by atoms with E-state index in [0.29, 0.717) is 0 Å². The third-order valence-corrected chi connectivity index (χ3v) is 3.99. The van der Waals surface area contributed by atoms with Gasteiger partial charge in [-0.2, -0.15) is 0 Å². The Morgan fingerprint density at radius 2 is 2.15 bits per heavy atom. The van der Waals surface area contributed by atoms with Crippen molar-refractivity contribution in [2.45, 2.75) is 31.7 Å². The lowest BCUT2D eigenvalue weighted by molar-refractivity contribution is -0.108. The molecule has 0 saturated carbocycles. The van der Waals surface area contributed by atoms with Crippen molar-refractivity contribution in [2.75, 3.05) is 20.1 Å². The van der Waals surface area contributed by atoms with Gasteiger partial charge in [0.25, 0.3) is 0 Å². The van der Waals surface area contributed by atoms with Crippen LogP contribution in [0.2, 0.25) is 0 Å². The van der Waals surface area contributed by atoms with Crippen molar-refractivity contribution in [3.8, 4) is 0 Å². The number of hydrogen-bond donors (Lipinski definition) is 1. The number of rotatable bonds is 6. The maximum absolute atomic E-state index is 12.9. The standard InChI is InChI=1S/C16H22FN2O/c1-18-15(12-20)16-4-2-3-10-19(16)11-9-13-5-7-14(17)8-6-13/h5-8,12,16,18H,2-4,9-11H2,1H3. The van der Waals surface area contributed by atoms with Gasteiger partial charge in [0.1, 0.15) is 18.1 Å². The Hall–Kier alpha value is -1.26. The second kappa shape index (κ2) is 7.50. The number of likely N-dealkylation sites (tertiary alicyclic amines) is 1. The molecule has 1 heterocycles. The fourth-order valence-corrected chi connectivity index (χ4v) is 2.84. The van der Waals surface area contributed by atoms with Gasteiger partial charge in [0.05, 0.1) is 0 Å². The molecular weight excluding hydrogens is 255 g/mol. The second-order valence-corrected chi connectivity index (χ2v) is 5.25. The van der Waals surface area contributed by atoms with Crippen molar-refractivity contribution < 1.29 is 9.18 Å². The molecule has 3 nitrogen and oxygen atoms in total. The normalized spacial score (nSPS) is 20.2. The van der Waals surface area contributed by atoms with E-state index in [1.807, 2.05) is 12.1 Å². The van der Waals surface area contributed by atoms with Gasteiger partial charge in [0, 0.05) is 12.6 Å². The molecule has 0 amide bonds. The van der Waals surface area contributed by atoms with Gasteiger partial charge in [-0.3, -0.25) is 4.90 Å². The monoisotopic (exact) mass is 277 g/mol. The molecular formula is C16H22FN2O. The third kappa shape index (κ3) is 3.87. The summed E-state index contributed by atoms with van der Waals surface area (Å²) in [5, 5.41) is 3.01. The van der Waals surface area contributed by atoms with Crippen molar-refractivity contribution in [1.29, 1.82) is 0 Å². The van der Waals surface area contributed by atoms with Crippen molar-refractivity contribution in [1.82, 2.24) is 10.2 Å². The molecule has 0 aromatic heterocycles. The first-order chi connectivity index (χ1) is 9.74. The van der Waals surface area contributed by atoms with Crippen LogP contribution in [0.25, 0.3) is 0 Å². The number of nitrogens with zero attached hydrogens (tertiary/aromatic N) is 1. The van der Waals surface area contributed by atoms with Crippen molar-refractivity contribution >= 4 is 6.29 Å². The van der Waals surface area contributed by atoms with Crippen molar-refractivity contribution in [3.63, 3.8) is 0 Å². The molecule has 4 heteroatoms. The number of likely N-dealkylation sites (N-methyl/N-ethyl adjacent to an activating group) is 1. The van der Waals surface area contributed by atoms with E-state index in [9.17, 15) is 9.18 Å². The predicted octanol–water partition coefficient (Wildman–Crippen LogP) is 2.17. The van der Waals surface area contributed by atoms with Crippen LogP contribution in [0.4, 0.5) is 4.39 Å². The zero-order valence-corrected chi connectivity index (χ0v) is 11.9. The van der Waals surface area contributed by atoms with Crippen LogP contribution < -0.4 is 5.32 Å². The number of hydrogen-bond acceptors (Lipinski definition) is 3. The second-order valence-electron chi connectivity index (χ2n) is 5.25. The van der Waals surface area contributed by atoms with E-state index in [1.165, 1.54) is 18.6 Å². The largest absolute Gasteiger partial charge is 0.305 e. The fraction of sp³-hybridized carbons (Fsp3) is 0.500. The Bertz CT molecular complexity index is 421. The van der Waals surface area contributed by atoms with Crippen LogP contribution in [-0.2, 0) is 11.2 Å². The minimum atomic E-state index is -0.198. The molecule has 1 fully saturated rings. The lowest BCUT2D eigenvalue weighted by atomic mass is 9.95.